The molecule has 0 aliphatic carbocycles. The van der Waals surface area contributed by atoms with Crippen molar-refractivity contribution in [1.29, 1.82) is 0 Å². The third-order valence-corrected chi connectivity index (χ3v) is 3.44. The standard InChI is InChI=1S/C16H25N3O2/c1-5-19(15(20)21-16(2,3)4)14-9-8-12(11-18-14)13-7-6-10-17-13/h8-9,11,13,17H,5-7,10H2,1-4H3. The number of anilines is 1. The topological polar surface area (TPSA) is 54.5 Å². The number of carbonyl (C=O) groups excluding carboxylic acids is 1. The van der Waals surface area contributed by atoms with Crippen molar-refractivity contribution >= 4 is 11.9 Å². The summed E-state index contributed by atoms with van der Waals surface area (Å²) in [5, 5.41) is 3.44. The highest BCUT2D eigenvalue weighted by atomic mass is 16.6. The number of nitrogens with zero attached hydrogens (tertiary/aromatic N) is 2. The van der Waals surface area contributed by atoms with Crippen LogP contribution < -0.4 is 10.2 Å². The summed E-state index contributed by atoms with van der Waals surface area (Å²) in [5.74, 6) is 0.633. The van der Waals surface area contributed by atoms with Crippen LogP contribution in [-0.4, -0.2) is 29.8 Å². The van der Waals surface area contributed by atoms with Gasteiger partial charge in [0.25, 0.3) is 0 Å². The molecule has 1 N–H and O–H groups in total. The van der Waals surface area contributed by atoms with Gasteiger partial charge in [0.1, 0.15) is 11.4 Å². The number of ether oxygens (including phenoxy) is 1. The first-order chi connectivity index (χ1) is 9.90. The number of nitrogens with one attached hydrogen (secondary N) is 1. The lowest BCUT2D eigenvalue weighted by Crippen LogP contribution is -2.37. The highest BCUT2D eigenvalue weighted by Gasteiger charge is 2.23. The predicted octanol–water partition coefficient (Wildman–Crippen LogP) is 3.27. The summed E-state index contributed by atoms with van der Waals surface area (Å²) in [5.41, 5.74) is 0.676. The van der Waals surface area contributed by atoms with Gasteiger partial charge in [0, 0.05) is 18.8 Å². The molecule has 1 aromatic heterocycles. The third kappa shape index (κ3) is 4.17. The molecule has 0 bridgehead atoms. The smallest absolute Gasteiger partial charge is 0.415 e. The molecule has 1 aliphatic rings. The number of hydrogen-bond acceptors (Lipinski definition) is 4. The quantitative estimate of drug-likeness (QED) is 0.928. The van der Waals surface area contributed by atoms with Crippen LogP contribution in [0.4, 0.5) is 10.6 Å². The number of hydrogen-bond donors (Lipinski definition) is 1. The van der Waals surface area contributed by atoms with Crippen LogP contribution in [-0.2, 0) is 4.74 Å². The molecule has 1 atom stereocenters. The van der Waals surface area contributed by atoms with Crippen LogP contribution in [0.25, 0.3) is 0 Å². The van der Waals surface area contributed by atoms with Crippen molar-refractivity contribution < 1.29 is 9.53 Å². The van der Waals surface area contributed by atoms with E-state index in [1.807, 2.05) is 46.0 Å². The summed E-state index contributed by atoms with van der Waals surface area (Å²) >= 11 is 0. The molecule has 5 nitrogen and oxygen atoms in total. The fraction of sp³-hybridized carbons (Fsp3) is 0.625. The van der Waals surface area contributed by atoms with Gasteiger partial charge in [-0.3, -0.25) is 4.90 Å². The minimum atomic E-state index is -0.502. The second-order valence-electron chi connectivity index (χ2n) is 6.32. The Bertz CT molecular complexity index is 473. The second-order valence-corrected chi connectivity index (χ2v) is 6.32. The summed E-state index contributed by atoms with van der Waals surface area (Å²) in [7, 11) is 0. The molecule has 1 aromatic rings. The Morgan fingerprint density at radius 2 is 2.24 bits per heavy atom. The molecular formula is C16H25N3O2. The number of aromatic nitrogens is 1. The van der Waals surface area contributed by atoms with Gasteiger partial charge in [0.05, 0.1) is 0 Å². The Labute approximate surface area is 126 Å². The first-order valence-corrected chi connectivity index (χ1v) is 7.60. The summed E-state index contributed by atoms with van der Waals surface area (Å²) in [4.78, 5) is 18.2. The lowest BCUT2D eigenvalue weighted by molar-refractivity contribution is 0.0581. The fourth-order valence-corrected chi connectivity index (χ4v) is 2.43. The molecule has 0 spiro atoms. The van der Waals surface area contributed by atoms with E-state index >= 15 is 0 Å². The Hall–Kier alpha value is -1.62. The van der Waals surface area contributed by atoms with Crippen molar-refractivity contribution in [3.63, 3.8) is 0 Å². The zero-order valence-corrected chi connectivity index (χ0v) is 13.3. The molecule has 1 amide bonds. The molecule has 21 heavy (non-hydrogen) atoms. The molecule has 116 valence electrons. The zero-order chi connectivity index (χ0) is 15.5. The monoisotopic (exact) mass is 291 g/mol. The molecule has 0 radical (unpaired) electrons. The third-order valence-electron chi connectivity index (χ3n) is 3.44. The van der Waals surface area contributed by atoms with Crippen LogP contribution in [0.2, 0.25) is 0 Å². The van der Waals surface area contributed by atoms with Crippen LogP contribution in [0, 0.1) is 0 Å². The molecule has 0 aromatic carbocycles. The second kappa shape index (κ2) is 6.43. The van der Waals surface area contributed by atoms with Gasteiger partial charge < -0.3 is 10.1 Å². The van der Waals surface area contributed by atoms with E-state index < -0.39 is 5.60 Å². The molecule has 2 rings (SSSR count). The van der Waals surface area contributed by atoms with E-state index in [2.05, 4.69) is 10.3 Å². The molecular weight excluding hydrogens is 266 g/mol. The molecule has 1 aliphatic heterocycles. The van der Waals surface area contributed by atoms with Gasteiger partial charge in [0.2, 0.25) is 0 Å². The summed E-state index contributed by atoms with van der Waals surface area (Å²) in [6.45, 7) is 9.09. The van der Waals surface area contributed by atoms with Gasteiger partial charge in [0.15, 0.2) is 0 Å². The van der Waals surface area contributed by atoms with E-state index in [1.54, 1.807) is 4.90 Å². The Morgan fingerprint density at radius 1 is 1.48 bits per heavy atom. The van der Waals surface area contributed by atoms with Gasteiger partial charge in [-0.25, -0.2) is 9.78 Å². The fourth-order valence-electron chi connectivity index (χ4n) is 2.43. The van der Waals surface area contributed by atoms with Crippen molar-refractivity contribution in [2.24, 2.45) is 0 Å². The molecule has 1 saturated heterocycles. The Balaban J connectivity index is 2.09. The van der Waals surface area contributed by atoms with Crippen LogP contribution in [0.5, 0.6) is 0 Å². The van der Waals surface area contributed by atoms with E-state index in [-0.39, 0.29) is 6.09 Å². The van der Waals surface area contributed by atoms with Gasteiger partial charge in [-0.05, 0) is 58.7 Å². The minimum absolute atomic E-state index is 0.357. The summed E-state index contributed by atoms with van der Waals surface area (Å²) < 4.78 is 5.41. The van der Waals surface area contributed by atoms with E-state index in [1.165, 1.54) is 12.0 Å². The number of carbonyl (C=O) groups is 1. The van der Waals surface area contributed by atoms with Crippen LogP contribution in [0.3, 0.4) is 0 Å². The molecule has 1 fully saturated rings. The van der Waals surface area contributed by atoms with E-state index in [9.17, 15) is 4.79 Å². The van der Waals surface area contributed by atoms with Crippen molar-refractivity contribution in [3.05, 3.63) is 23.9 Å². The number of pyridine rings is 1. The largest absolute Gasteiger partial charge is 0.443 e. The van der Waals surface area contributed by atoms with Gasteiger partial charge in [-0.2, -0.15) is 0 Å². The first-order valence-electron chi connectivity index (χ1n) is 7.60. The first kappa shape index (κ1) is 15.8. The summed E-state index contributed by atoms with van der Waals surface area (Å²) in [6.07, 6.45) is 3.84. The van der Waals surface area contributed by atoms with Crippen molar-refractivity contribution in [2.75, 3.05) is 18.0 Å². The average Bonchev–Trinajstić information content (AvgIpc) is 2.92. The molecule has 2 heterocycles. The Morgan fingerprint density at radius 3 is 2.71 bits per heavy atom. The minimum Gasteiger partial charge on any atom is -0.443 e. The van der Waals surface area contributed by atoms with Crippen LogP contribution >= 0.6 is 0 Å². The maximum absolute atomic E-state index is 12.2. The maximum Gasteiger partial charge on any atom is 0.415 e. The lowest BCUT2D eigenvalue weighted by Gasteiger charge is -2.26. The number of amides is 1. The predicted molar refractivity (Wildman–Crippen MR) is 83.5 cm³/mol. The normalized spacial score (nSPS) is 18.6. The van der Waals surface area contributed by atoms with Crippen LogP contribution in [0.15, 0.2) is 18.3 Å². The van der Waals surface area contributed by atoms with Gasteiger partial charge in [-0.1, -0.05) is 6.07 Å². The van der Waals surface area contributed by atoms with E-state index in [4.69, 9.17) is 4.74 Å². The average molecular weight is 291 g/mol. The van der Waals surface area contributed by atoms with Crippen molar-refractivity contribution in [2.45, 2.75) is 52.2 Å². The SMILES string of the molecule is CCN(C(=O)OC(C)(C)C)c1ccc(C2CCCN2)cn1. The lowest BCUT2D eigenvalue weighted by atomic mass is 10.1. The van der Waals surface area contributed by atoms with E-state index in [0.29, 0.717) is 18.4 Å². The van der Waals surface area contributed by atoms with Crippen molar-refractivity contribution in [1.82, 2.24) is 10.3 Å². The molecule has 0 saturated carbocycles. The van der Waals surface area contributed by atoms with Crippen molar-refractivity contribution in [3.8, 4) is 0 Å². The highest BCUT2D eigenvalue weighted by molar-refractivity contribution is 5.86. The molecule has 5 heteroatoms. The molecule has 1 unspecified atom stereocenters. The van der Waals surface area contributed by atoms with Crippen LogP contribution in [0.1, 0.15) is 52.1 Å². The van der Waals surface area contributed by atoms with Gasteiger partial charge in [-0.15, -0.1) is 0 Å². The summed E-state index contributed by atoms with van der Waals surface area (Å²) in [6, 6.07) is 4.32. The van der Waals surface area contributed by atoms with Gasteiger partial charge >= 0.3 is 6.09 Å². The zero-order valence-electron chi connectivity index (χ0n) is 13.3. The highest BCUT2D eigenvalue weighted by Crippen LogP contribution is 2.24. The number of rotatable bonds is 3. The van der Waals surface area contributed by atoms with E-state index in [0.717, 1.165) is 13.0 Å². The maximum atomic E-state index is 12.2. The Kier molecular flexibility index (Phi) is 4.83.